The van der Waals surface area contributed by atoms with Crippen molar-refractivity contribution in [3.63, 3.8) is 0 Å². The van der Waals surface area contributed by atoms with Crippen molar-refractivity contribution in [2.45, 2.75) is 39.1 Å². The van der Waals surface area contributed by atoms with Crippen LogP contribution in [0.3, 0.4) is 0 Å². The maximum Gasteiger partial charge on any atom is 0.573 e. The van der Waals surface area contributed by atoms with Crippen LogP contribution in [0, 0.1) is 12.8 Å². The number of H-pyrrole nitrogens is 1. The van der Waals surface area contributed by atoms with Crippen molar-refractivity contribution < 1.29 is 22.7 Å². The quantitative estimate of drug-likeness (QED) is 0.888. The first-order chi connectivity index (χ1) is 11.8. The van der Waals surface area contributed by atoms with Gasteiger partial charge < -0.3 is 15.0 Å². The fourth-order valence-electron chi connectivity index (χ4n) is 2.99. The predicted octanol–water partition coefficient (Wildman–Crippen LogP) is 3.04. The molecule has 3 rings (SSSR count). The number of carbonyl (C=O) groups excluding carboxylic acids is 1. The number of rotatable bonds is 4. The smallest absolute Gasteiger partial charge is 0.406 e. The number of aryl methyl sites for hydroxylation is 2. The van der Waals surface area contributed by atoms with E-state index in [4.69, 9.17) is 0 Å². The van der Waals surface area contributed by atoms with Crippen LogP contribution < -0.4 is 10.1 Å². The number of halogens is 3. The molecule has 1 amide bonds. The minimum atomic E-state index is -4.71. The molecule has 1 aromatic carbocycles. The molecule has 5 nitrogen and oxygen atoms in total. The van der Waals surface area contributed by atoms with Gasteiger partial charge >= 0.3 is 6.36 Å². The van der Waals surface area contributed by atoms with Gasteiger partial charge in [-0.25, -0.2) is 4.98 Å². The summed E-state index contributed by atoms with van der Waals surface area (Å²) in [7, 11) is 0. The number of nitrogens with one attached hydrogen (secondary N) is 2. The molecule has 0 saturated heterocycles. The van der Waals surface area contributed by atoms with Gasteiger partial charge in [-0.05, 0) is 37.5 Å². The van der Waals surface area contributed by atoms with Crippen LogP contribution in [0.25, 0.3) is 0 Å². The number of carbonyl (C=O) groups is 1. The van der Waals surface area contributed by atoms with E-state index in [0.29, 0.717) is 12.0 Å². The van der Waals surface area contributed by atoms with Gasteiger partial charge in [0.2, 0.25) is 5.91 Å². The third-order valence-corrected chi connectivity index (χ3v) is 4.16. The lowest BCUT2D eigenvalue weighted by molar-refractivity contribution is -0.274. The van der Waals surface area contributed by atoms with Crippen molar-refractivity contribution in [2.24, 2.45) is 5.92 Å². The Morgan fingerprint density at radius 3 is 2.76 bits per heavy atom. The fraction of sp³-hybridized carbons (Fsp3) is 0.412. The van der Waals surface area contributed by atoms with Gasteiger partial charge in [-0.2, -0.15) is 0 Å². The zero-order valence-electron chi connectivity index (χ0n) is 13.6. The van der Waals surface area contributed by atoms with Crippen LogP contribution in [0.1, 0.15) is 29.2 Å². The largest absolute Gasteiger partial charge is 0.573 e. The minimum absolute atomic E-state index is 0.0616. The molecular formula is C17H18F3N3O2. The average Bonchev–Trinajstić information content (AvgIpc) is 2.91. The topological polar surface area (TPSA) is 67.0 Å². The molecule has 1 aromatic heterocycles. The van der Waals surface area contributed by atoms with E-state index < -0.39 is 6.36 Å². The van der Waals surface area contributed by atoms with Crippen molar-refractivity contribution in [1.82, 2.24) is 15.3 Å². The Kier molecular flexibility index (Phi) is 4.69. The molecule has 1 aliphatic carbocycles. The first-order valence-electron chi connectivity index (χ1n) is 7.97. The number of benzene rings is 1. The molecule has 1 heterocycles. The first kappa shape index (κ1) is 17.3. The summed E-state index contributed by atoms with van der Waals surface area (Å²) in [4.78, 5) is 19.9. The Hall–Kier alpha value is -2.51. The number of hydrogen-bond acceptors (Lipinski definition) is 3. The highest BCUT2D eigenvalue weighted by Gasteiger charge is 2.31. The second-order valence-electron chi connectivity index (χ2n) is 6.10. The molecule has 0 saturated carbocycles. The standard InChI is InChI=1S/C17H18F3N3O2/c1-10-22-14-7-4-12(8-15(14)23-10)16(24)21-9-11-2-5-13(6-3-11)25-17(18,19)20/h2-3,5-6,12H,4,7-9H2,1H3,(H,21,24)(H,22,23). The second kappa shape index (κ2) is 6.78. The van der Waals surface area contributed by atoms with E-state index in [9.17, 15) is 18.0 Å². The van der Waals surface area contributed by atoms with E-state index in [-0.39, 0.29) is 24.1 Å². The summed E-state index contributed by atoms with van der Waals surface area (Å²) in [6.45, 7) is 2.15. The van der Waals surface area contributed by atoms with Crippen molar-refractivity contribution >= 4 is 5.91 Å². The van der Waals surface area contributed by atoms with Gasteiger partial charge in [-0.1, -0.05) is 12.1 Å². The van der Waals surface area contributed by atoms with E-state index in [2.05, 4.69) is 20.0 Å². The zero-order chi connectivity index (χ0) is 18.0. The number of ether oxygens (including phenoxy) is 1. The molecule has 0 fully saturated rings. The lowest BCUT2D eigenvalue weighted by Crippen LogP contribution is -2.33. The number of hydrogen-bond donors (Lipinski definition) is 2. The van der Waals surface area contributed by atoms with Gasteiger partial charge in [-0.3, -0.25) is 4.79 Å². The summed E-state index contributed by atoms with van der Waals surface area (Å²) >= 11 is 0. The molecule has 0 aliphatic heterocycles. The summed E-state index contributed by atoms with van der Waals surface area (Å²) in [5, 5.41) is 2.84. The summed E-state index contributed by atoms with van der Waals surface area (Å²) in [6, 6.07) is 5.46. The normalized spacial score (nSPS) is 17.0. The molecule has 0 bridgehead atoms. The number of nitrogens with zero attached hydrogens (tertiary/aromatic N) is 1. The summed E-state index contributed by atoms with van der Waals surface area (Å²) in [6.07, 6.45) is -2.58. The molecule has 2 aromatic rings. The Bertz CT molecular complexity index is 753. The number of aromatic amines is 1. The maximum atomic E-state index is 12.3. The van der Waals surface area contributed by atoms with Gasteiger partial charge in [0.15, 0.2) is 0 Å². The fourth-order valence-corrected chi connectivity index (χ4v) is 2.99. The Morgan fingerprint density at radius 2 is 2.08 bits per heavy atom. The van der Waals surface area contributed by atoms with Crippen LogP contribution >= 0.6 is 0 Å². The molecule has 1 aliphatic rings. The zero-order valence-corrected chi connectivity index (χ0v) is 13.6. The monoisotopic (exact) mass is 353 g/mol. The van der Waals surface area contributed by atoms with Crippen LogP contribution in [-0.2, 0) is 24.2 Å². The summed E-state index contributed by atoms with van der Waals surface area (Å²) in [5.74, 6) is 0.387. The number of amides is 1. The highest BCUT2D eigenvalue weighted by Crippen LogP contribution is 2.25. The molecule has 0 spiro atoms. The van der Waals surface area contributed by atoms with E-state index in [1.165, 1.54) is 24.3 Å². The lowest BCUT2D eigenvalue weighted by atomic mass is 9.89. The molecule has 134 valence electrons. The molecule has 25 heavy (non-hydrogen) atoms. The van der Waals surface area contributed by atoms with Crippen LogP contribution in [0.15, 0.2) is 24.3 Å². The number of alkyl halides is 3. The molecule has 0 radical (unpaired) electrons. The molecular weight excluding hydrogens is 335 g/mol. The van der Waals surface area contributed by atoms with E-state index in [0.717, 1.165) is 30.1 Å². The van der Waals surface area contributed by atoms with E-state index in [1.54, 1.807) is 0 Å². The molecule has 8 heteroatoms. The van der Waals surface area contributed by atoms with E-state index in [1.807, 2.05) is 6.92 Å². The van der Waals surface area contributed by atoms with Crippen LogP contribution in [0.4, 0.5) is 13.2 Å². The second-order valence-corrected chi connectivity index (χ2v) is 6.10. The average molecular weight is 353 g/mol. The van der Waals surface area contributed by atoms with E-state index >= 15 is 0 Å². The van der Waals surface area contributed by atoms with Gasteiger partial charge in [0.05, 0.1) is 5.69 Å². The highest BCUT2D eigenvalue weighted by atomic mass is 19.4. The van der Waals surface area contributed by atoms with Crippen molar-refractivity contribution in [3.8, 4) is 5.75 Å². The first-order valence-corrected chi connectivity index (χ1v) is 7.97. The van der Waals surface area contributed by atoms with Gasteiger partial charge in [0.1, 0.15) is 11.6 Å². The molecule has 2 N–H and O–H groups in total. The number of fused-ring (bicyclic) bond motifs is 1. The summed E-state index contributed by atoms with van der Waals surface area (Å²) < 4.78 is 40.2. The highest BCUT2D eigenvalue weighted by molar-refractivity contribution is 5.79. The van der Waals surface area contributed by atoms with Gasteiger partial charge in [-0.15, -0.1) is 13.2 Å². The van der Waals surface area contributed by atoms with Gasteiger partial charge in [0.25, 0.3) is 0 Å². The van der Waals surface area contributed by atoms with Crippen molar-refractivity contribution in [1.29, 1.82) is 0 Å². The minimum Gasteiger partial charge on any atom is -0.406 e. The number of aromatic nitrogens is 2. The predicted molar refractivity (Wildman–Crippen MR) is 83.8 cm³/mol. The third kappa shape index (κ3) is 4.52. The molecule has 1 atom stereocenters. The Labute approximate surface area is 142 Å². The van der Waals surface area contributed by atoms with Crippen LogP contribution in [-0.4, -0.2) is 22.2 Å². The third-order valence-electron chi connectivity index (χ3n) is 4.16. The van der Waals surface area contributed by atoms with Crippen LogP contribution in [0.5, 0.6) is 5.75 Å². The van der Waals surface area contributed by atoms with Crippen LogP contribution in [0.2, 0.25) is 0 Å². The SMILES string of the molecule is Cc1nc2c([nH]1)CC(C(=O)NCc1ccc(OC(F)(F)F)cc1)CC2. The summed E-state index contributed by atoms with van der Waals surface area (Å²) in [5.41, 5.74) is 2.75. The Morgan fingerprint density at radius 1 is 1.36 bits per heavy atom. The lowest BCUT2D eigenvalue weighted by Gasteiger charge is -2.20. The number of imidazole rings is 1. The van der Waals surface area contributed by atoms with Gasteiger partial charge in [0, 0.05) is 24.6 Å². The van der Waals surface area contributed by atoms with Crippen molar-refractivity contribution in [3.05, 3.63) is 47.0 Å². The maximum absolute atomic E-state index is 12.3. The Balaban J connectivity index is 1.52. The molecule has 1 unspecified atom stereocenters. The van der Waals surface area contributed by atoms with Crippen molar-refractivity contribution in [2.75, 3.05) is 0 Å².